The number of rotatable bonds is 7. The molecule has 0 radical (unpaired) electrons. The number of halogens is 1. The Morgan fingerprint density at radius 1 is 1.24 bits per heavy atom. The highest BCUT2D eigenvalue weighted by molar-refractivity contribution is 5.92. The highest BCUT2D eigenvalue weighted by Crippen LogP contribution is 2.25. The quantitative estimate of drug-likeness (QED) is 0.404. The SMILES string of the molecule is CCn1cc(C(=O)[O-])c(=O)c2cc(F)c(N3CCNCC3)cc21.NC(CCC(=O)O)C(=O)O. The highest BCUT2D eigenvalue weighted by Gasteiger charge is 2.18. The van der Waals surface area contributed by atoms with Crippen molar-refractivity contribution in [2.24, 2.45) is 5.73 Å². The molecule has 1 fully saturated rings. The van der Waals surface area contributed by atoms with Crippen LogP contribution < -0.4 is 26.5 Å². The van der Waals surface area contributed by atoms with Crippen LogP contribution in [-0.4, -0.2) is 64.9 Å². The fraction of sp³-hybridized carbons (Fsp3) is 0.429. The third-order valence-electron chi connectivity index (χ3n) is 5.15. The van der Waals surface area contributed by atoms with Crippen LogP contribution in [0.15, 0.2) is 23.1 Å². The van der Waals surface area contributed by atoms with Crippen molar-refractivity contribution in [2.45, 2.75) is 32.4 Å². The lowest BCUT2D eigenvalue weighted by Gasteiger charge is -2.30. The minimum Gasteiger partial charge on any atom is -0.545 e. The molecule has 1 atom stereocenters. The number of hydrogen-bond donors (Lipinski definition) is 4. The van der Waals surface area contributed by atoms with Crippen molar-refractivity contribution in [2.75, 3.05) is 31.1 Å². The number of benzene rings is 1. The summed E-state index contributed by atoms with van der Waals surface area (Å²) in [5, 5.41) is 30.6. The number of carboxylic acids is 3. The van der Waals surface area contributed by atoms with Crippen LogP contribution in [0.5, 0.6) is 0 Å². The van der Waals surface area contributed by atoms with Crippen molar-refractivity contribution in [1.29, 1.82) is 0 Å². The lowest BCUT2D eigenvalue weighted by atomic mass is 10.1. The van der Waals surface area contributed by atoms with Gasteiger partial charge in [0.05, 0.1) is 22.7 Å². The van der Waals surface area contributed by atoms with Gasteiger partial charge in [-0.2, -0.15) is 0 Å². The first kappa shape index (κ1) is 25.7. The summed E-state index contributed by atoms with van der Waals surface area (Å²) in [4.78, 5) is 45.1. The van der Waals surface area contributed by atoms with E-state index in [4.69, 9.17) is 15.9 Å². The van der Waals surface area contributed by atoms with Gasteiger partial charge in [0.15, 0.2) is 5.43 Å². The Labute approximate surface area is 188 Å². The molecule has 1 saturated heterocycles. The number of nitrogens with zero attached hydrogens (tertiary/aromatic N) is 2. The predicted molar refractivity (Wildman–Crippen MR) is 116 cm³/mol. The molecular weight excluding hydrogens is 439 g/mol. The van der Waals surface area contributed by atoms with Crippen molar-refractivity contribution in [3.63, 3.8) is 0 Å². The molecule has 1 unspecified atom stereocenters. The number of hydrogen-bond acceptors (Lipinski definition) is 8. The summed E-state index contributed by atoms with van der Waals surface area (Å²) in [5.41, 5.74) is 4.80. The number of pyridine rings is 1. The van der Waals surface area contributed by atoms with E-state index in [0.29, 0.717) is 30.8 Å². The van der Waals surface area contributed by atoms with Crippen molar-refractivity contribution in [1.82, 2.24) is 9.88 Å². The minimum absolute atomic E-state index is 0.0231. The molecule has 1 aromatic carbocycles. The third kappa shape index (κ3) is 6.49. The maximum atomic E-state index is 14.5. The van der Waals surface area contributed by atoms with Crippen molar-refractivity contribution in [3.05, 3.63) is 39.9 Å². The van der Waals surface area contributed by atoms with E-state index in [2.05, 4.69) is 5.32 Å². The summed E-state index contributed by atoms with van der Waals surface area (Å²) in [6.07, 6.45) is 1.04. The molecule has 2 heterocycles. The topological polar surface area (TPSA) is 178 Å². The third-order valence-corrected chi connectivity index (χ3v) is 5.15. The van der Waals surface area contributed by atoms with Crippen LogP contribution in [-0.2, 0) is 16.1 Å². The van der Waals surface area contributed by atoms with Gasteiger partial charge in [-0.3, -0.25) is 14.4 Å². The zero-order valence-corrected chi connectivity index (χ0v) is 18.0. The average Bonchev–Trinajstić information content (AvgIpc) is 2.78. The number of aliphatic carboxylic acids is 2. The molecule has 0 amide bonds. The van der Waals surface area contributed by atoms with Gasteiger partial charge in [-0.1, -0.05) is 0 Å². The van der Waals surface area contributed by atoms with Crippen LogP contribution in [0.2, 0.25) is 0 Å². The average molecular weight is 465 g/mol. The number of aromatic carboxylic acids is 1. The number of carbonyl (C=O) groups is 3. The minimum atomic E-state index is -1.55. The molecular formula is C21H26FN4O7-. The summed E-state index contributed by atoms with van der Waals surface area (Å²) < 4.78 is 16.1. The van der Waals surface area contributed by atoms with Gasteiger partial charge in [-0.25, -0.2) is 4.39 Å². The molecule has 0 aliphatic carbocycles. The van der Waals surface area contributed by atoms with E-state index in [1.165, 1.54) is 6.20 Å². The van der Waals surface area contributed by atoms with Gasteiger partial charge >= 0.3 is 11.9 Å². The standard InChI is InChI=1S/C16H18FN3O3.C5H9NO4/c1-2-19-9-11(16(22)23)15(21)10-7-12(17)14(8-13(10)19)20-5-3-18-4-6-20;6-3(5(9)10)1-2-4(7)8/h7-9,18H,2-6H2,1H3,(H,22,23);3H,1-2,6H2,(H,7,8)(H,9,10)/p-1. The maximum Gasteiger partial charge on any atom is 0.320 e. The number of fused-ring (bicyclic) bond motifs is 1. The van der Waals surface area contributed by atoms with E-state index in [9.17, 15) is 28.7 Å². The monoisotopic (exact) mass is 465 g/mol. The number of aromatic nitrogens is 1. The molecule has 12 heteroatoms. The van der Waals surface area contributed by atoms with Gasteiger partial charge in [0.1, 0.15) is 11.9 Å². The number of nitrogens with one attached hydrogen (secondary N) is 1. The summed E-state index contributed by atoms with van der Waals surface area (Å²) in [6.45, 7) is 5.18. The first-order chi connectivity index (χ1) is 15.6. The number of carbonyl (C=O) groups excluding carboxylic acids is 1. The van der Waals surface area contributed by atoms with E-state index < -0.39 is 40.8 Å². The van der Waals surface area contributed by atoms with Crippen LogP contribution in [0.25, 0.3) is 10.9 Å². The van der Waals surface area contributed by atoms with Gasteiger partial charge in [-0.05, 0) is 25.5 Å². The Morgan fingerprint density at radius 3 is 2.39 bits per heavy atom. The van der Waals surface area contributed by atoms with Gasteiger partial charge in [0.25, 0.3) is 0 Å². The normalized spacial score (nSPS) is 14.3. The number of carboxylic acid groups (broad SMARTS) is 3. The lowest BCUT2D eigenvalue weighted by Crippen LogP contribution is -2.44. The Morgan fingerprint density at radius 2 is 1.88 bits per heavy atom. The molecule has 1 aliphatic rings. The van der Waals surface area contributed by atoms with Gasteiger partial charge in [-0.15, -0.1) is 0 Å². The van der Waals surface area contributed by atoms with Crippen LogP contribution >= 0.6 is 0 Å². The lowest BCUT2D eigenvalue weighted by molar-refractivity contribution is -0.255. The van der Waals surface area contributed by atoms with E-state index >= 15 is 0 Å². The Bertz CT molecular complexity index is 1100. The second-order valence-corrected chi connectivity index (χ2v) is 7.38. The van der Waals surface area contributed by atoms with Crippen LogP contribution in [0.1, 0.15) is 30.1 Å². The molecule has 1 aromatic heterocycles. The molecule has 5 N–H and O–H groups in total. The smallest absolute Gasteiger partial charge is 0.320 e. The van der Waals surface area contributed by atoms with Crippen LogP contribution in [0.3, 0.4) is 0 Å². The first-order valence-electron chi connectivity index (χ1n) is 10.3. The molecule has 3 rings (SSSR count). The highest BCUT2D eigenvalue weighted by atomic mass is 19.1. The second kappa shape index (κ2) is 11.4. The zero-order valence-electron chi connectivity index (χ0n) is 18.0. The fourth-order valence-electron chi connectivity index (χ4n) is 3.36. The summed E-state index contributed by atoms with van der Waals surface area (Å²) >= 11 is 0. The molecule has 0 spiro atoms. The van der Waals surface area contributed by atoms with E-state index in [-0.39, 0.29) is 18.2 Å². The number of aryl methyl sites for hydroxylation is 1. The molecule has 11 nitrogen and oxygen atoms in total. The van der Waals surface area contributed by atoms with Crippen molar-refractivity contribution >= 4 is 34.5 Å². The molecule has 2 aromatic rings. The van der Waals surface area contributed by atoms with Crippen LogP contribution in [0, 0.1) is 5.82 Å². The second-order valence-electron chi connectivity index (χ2n) is 7.38. The van der Waals surface area contributed by atoms with E-state index in [1.807, 2.05) is 11.8 Å². The maximum absolute atomic E-state index is 14.5. The number of anilines is 1. The van der Waals surface area contributed by atoms with Crippen molar-refractivity contribution < 1.29 is 34.1 Å². The zero-order chi connectivity index (χ0) is 24.7. The van der Waals surface area contributed by atoms with Gasteiger partial charge < -0.3 is 40.6 Å². The summed E-state index contributed by atoms with van der Waals surface area (Å²) in [7, 11) is 0. The number of piperazine rings is 1. The Kier molecular flexibility index (Phi) is 8.88. The fourth-order valence-corrected chi connectivity index (χ4v) is 3.36. The van der Waals surface area contributed by atoms with Gasteiger partial charge in [0.2, 0.25) is 0 Å². The number of nitrogens with two attached hydrogens (primary N) is 1. The molecule has 1 aliphatic heterocycles. The van der Waals surface area contributed by atoms with Gasteiger partial charge in [0, 0.05) is 50.7 Å². The summed E-state index contributed by atoms with van der Waals surface area (Å²) in [6, 6.07) is 1.70. The van der Waals surface area contributed by atoms with Crippen LogP contribution in [0.4, 0.5) is 10.1 Å². The first-order valence-corrected chi connectivity index (χ1v) is 10.3. The molecule has 0 bridgehead atoms. The van der Waals surface area contributed by atoms with E-state index in [1.54, 1.807) is 10.6 Å². The summed E-state index contributed by atoms with van der Waals surface area (Å²) in [5.74, 6) is -4.27. The Balaban J connectivity index is 0.000000328. The molecule has 0 saturated carbocycles. The molecule has 180 valence electrons. The van der Waals surface area contributed by atoms with Crippen molar-refractivity contribution in [3.8, 4) is 0 Å². The molecule has 33 heavy (non-hydrogen) atoms. The Hall–Kier alpha value is -3.51. The van der Waals surface area contributed by atoms with E-state index in [0.717, 1.165) is 19.2 Å². The largest absolute Gasteiger partial charge is 0.545 e. The predicted octanol–water partition coefficient (Wildman–Crippen LogP) is -0.803.